The van der Waals surface area contributed by atoms with Gasteiger partial charge in [0, 0.05) is 23.6 Å². The Morgan fingerprint density at radius 2 is 1.92 bits per heavy atom. The summed E-state index contributed by atoms with van der Waals surface area (Å²) < 4.78 is 15.7. The predicted octanol–water partition coefficient (Wildman–Crippen LogP) is 3.17. The lowest BCUT2D eigenvalue weighted by Gasteiger charge is -2.02. The molecule has 4 rings (SSSR count). The number of aromatic nitrogens is 4. The highest BCUT2D eigenvalue weighted by Crippen LogP contribution is 2.24. The molecule has 122 valence electrons. The van der Waals surface area contributed by atoms with Gasteiger partial charge in [-0.2, -0.15) is 4.98 Å². The molecule has 0 aliphatic carbocycles. The quantitative estimate of drug-likeness (QED) is 0.582. The van der Waals surface area contributed by atoms with Gasteiger partial charge in [-0.05, 0) is 23.8 Å². The molecule has 0 fully saturated rings. The number of nitrogens with one attached hydrogen (secondary N) is 1. The lowest BCUT2D eigenvalue weighted by Crippen LogP contribution is -1.96. The first-order chi connectivity index (χ1) is 12.2. The summed E-state index contributed by atoms with van der Waals surface area (Å²) >= 11 is 0. The van der Waals surface area contributed by atoms with E-state index < -0.39 is 5.82 Å². The SMILES string of the molecule is O=CNc1ccc(F)c(-c2nc3ncc(-c4ccccc4)cn3n2)c1. The summed E-state index contributed by atoms with van der Waals surface area (Å²) in [6.45, 7) is 0. The van der Waals surface area contributed by atoms with Gasteiger partial charge in [0.2, 0.25) is 6.41 Å². The molecule has 25 heavy (non-hydrogen) atoms. The molecule has 0 unspecified atom stereocenters. The summed E-state index contributed by atoms with van der Waals surface area (Å²) in [7, 11) is 0. The second-order valence-corrected chi connectivity index (χ2v) is 5.35. The zero-order valence-electron chi connectivity index (χ0n) is 12.9. The highest BCUT2D eigenvalue weighted by atomic mass is 19.1. The molecule has 0 saturated heterocycles. The van der Waals surface area contributed by atoms with Gasteiger partial charge in [0.05, 0.1) is 5.56 Å². The number of benzene rings is 2. The molecule has 0 bridgehead atoms. The smallest absolute Gasteiger partial charge is 0.252 e. The Morgan fingerprint density at radius 3 is 2.72 bits per heavy atom. The van der Waals surface area contributed by atoms with Gasteiger partial charge in [-0.3, -0.25) is 4.79 Å². The molecular weight excluding hydrogens is 321 g/mol. The maximum absolute atomic E-state index is 14.1. The topological polar surface area (TPSA) is 72.2 Å². The normalized spacial score (nSPS) is 10.8. The number of hydrogen-bond acceptors (Lipinski definition) is 4. The Bertz CT molecular complexity index is 1060. The Labute approximate surface area is 142 Å². The van der Waals surface area contributed by atoms with Crippen LogP contribution in [0.3, 0.4) is 0 Å². The molecule has 0 atom stereocenters. The predicted molar refractivity (Wildman–Crippen MR) is 91.3 cm³/mol. The maximum atomic E-state index is 14.1. The van der Waals surface area contributed by atoms with Crippen LogP contribution in [0.4, 0.5) is 10.1 Å². The van der Waals surface area contributed by atoms with Crippen molar-refractivity contribution in [3.05, 3.63) is 66.7 Å². The van der Waals surface area contributed by atoms with Crippen molar-refractivity contribution in [2.75, 3.05) is 5.32 Å². The summed E-state index contributed by atoms with van der Waals surface area (Å²) in [6, 6.07) is 14.0. The van der Waals surface area contributed by atoms with E-state index in [1.54, 1.807) is 12.4 Å². The van der Waals surface area contributed by atoms with E-state index in [1.165, 1.54) is 22.7 Å². The summed E-state index contributed by atoms with van der Waals surface area (Å²) in [5.74, 6) is 0.0863. The molecule has 1 amide bonds. The molecule has 0 aliphatic heterocycles. The number of carbonyl (C=O) groups excluding carboxylic acids is 1. The van der Waals surface area contributed by atoms with Crippen LogP contribution in [0, 0.1) is 5.82 Å². The van der Waals surface area contributed by atoms with Crippen LogP contribution in [0.2, 0.25) is 0 Å². The van der Waals surface area contributed by atoms with E-state index in [2.05, 4.69) is 20.4 Å². The number of carbonyl (C=O) groups is 1. The van der Waals surface area contributed by atoms with E-state index in [4.69, 9.17) is 0 Å². The van der Waals surface area contributed by atoms with Crippen molar-refractivity contribution < 1.29 is 9.18 Å². The molecule has 0 aliphatic rings. The second kappa shape index (κ2) is 6.12. The molecule has 2 heterocycles. The minimum absolute atomic E-state index is 0.193. The Morgan fingerprint density at radius 1 is 1.08 bits per heavy atom. The van der Waals surface area contributed by atoms with Crippen LogP contribution in [0.1, 0.15) is 0 Å². The number of anilines is 1. The zero-order chi connectivity index (χ0) is 17.2. The molecule has 0 spiro atoms. The summed E-state index contributed by atoms with van der Waals surface area (Å²) in [4.78, 5) is 19.1. The zero-order valence-corrected chi connectivity index (χ0v) is 12.9. The van der Waals surface area contributed by atoms with Gasteiger partial charge in [0.25, 0.3) is 5.78 Å². The van der Waals surface area contributed by atoms with E-state index in [0.717, 1.165) is 11.1 Å². The van der Waals surface area contributed by atoms with Crippen LogP contribution < -0.4 is 5.32 Å². The number of rotatable bonds is 4. The Hall–Kier alpha value is -3.61. The van der Waals surface area contributed by atoms with Gasteiger partial charge < -0.3 is 5.32 Å². The lowest BCUT2D eigenvalue weighted by atomic mass is 10.1. The number of hydrogen-bond donors (Lipinski definition) is 1. The van der Waals surface area contributed by atoms with Gasteiger partial charge in [0.15, 0.2) is 5.82 Å². The van der Waals surface area contributed by atoms with E-state index in [1.807, 2.05) is 30.3 Å². The molecule has 7 heteroatoms. The van der Waals surface area contributed by atoms with Crippen molar-refractivity contribution >= 4 is 17.9 Å². The first-order valence-electron chi connectivity index (χ1n) is 7.52. The number of halogens is 1. The molecule has 4 aromatic rings. The minimum atomic E-state index is -0.476. The van der Waals surface area contributed by atoms with Crippen molar-refractivity contribution in [1.82, 2.24) is 19.6 Å². The fourth-order valence-electron chi connectivity index (χ4n) is 2.53. The Balaban J connectivity index is 1.79. The molecule has 2 aromatic heterocycles. The van der Waals surface area contributed by atoms with E-state index in [0.29, 0.717) is 17.9 Å². The minimum Gasteiger partial charge on any atom is -0.329 e. The van der Waals surface area contributed by atoms with Gasteiger partial charge >= 0.3 is 0 Å². The van der Waals surface area contributed by atoms with Crippen molar-refractivity contribution in [3.63, 3.8) is 0 Å². The van der Waals surface area contributed by atoms with E-state index in [-0.39, 0.29) is 11.4 Å². The molecule has 0 saturated carbocycles. The third-order valence-electron chi connectivity index (χ3n) is 3.73. The summed E-state index contributed by atoms with van der Waals surface area (Å²) in [5, 5.41) is 6.80. The summed E-state index contributed by atoms with van der Waals surface area (Å²) in [5.41, 5.74) is 2.53. The first kappa shape index (κ1) is 14.9. The largest absolute Gasteiger partial charge is 0.329 e. The average Bonchev–Trinajstić information content (AvgIpc) is 3.07. The lowest BCUT2D eigenvalue weighted by molar-refractivity contribution is -0.105. The van der Waals surface area contributed by atoms with Crippen LogP contribution in [-0.4, -0.2) is 26.0 Å². The van der Waals surface area contributed by atoms with Crippen LogP contribution in [-0.2, 0) is 4.79 Å². The molecule has 1 N–H and O–H groups in total. The second-order valence-electron chi connectivity index (χ2n) is 5.35. The van der Waals surface area contributed by atoms with Crippen LogP contribution >= 0.6 is 0 Å². The van der Waals surface area contributed by atoms with Gasteiger partial charge in [-0.25, -0.2) is 13.9 Å². The molecule has 6 nitrogen and oxygen atoms in total. The highest BCUT2D eigenvalue weighted by Gasteiger charge is 2.13. The van der Waals surface area contributed by atoms with Crippen molar-refractivity contribution in [2.24, 2.45) is 0 Å². The summed E-state index contributed by atoms with van der Waals surface area (Å²) in [6.07, 6.45) is 4.02. The van der Waals surface area contributed by atoms with Crippen molar-refractivity contribution in [1.29, 1.82) is 0 Å². The third-order valence-corrected chi connectivity index (χ3v) is 3.73. The number of nitrogens with zero attached hydrogens (tertiary/aromatic N) is 4. The van der Waals surface area contributed by atoms with Crippen LogP contribution in [0.25, 0.3) is 28.3 Å². The fraction of sp³-hybridized carbons (Fsp3) is 0. The first-order valence-corrected chi connectivity index (χ1v) is 7.52. The van der Waals surface area contributed by atoms with Gasteiger partial charge in [-0.1, -0.05) is 30.3 Å². The maximum Gasteiger partial charge on any atom is 0.252 e. The van der Waals surface area contributed by atoms with Crippen LogP contribution in [0.5, 0.6) is 0 Å². The third kappa shape index (κ3) is 2.83. The van der Waals surface area contributed by atoms with Crippen molar-refractivity contribution in [3.8, 4) is 22.5 Å². The molecule has 2 aromatic carbocycles. The fourth-order valence-corrected chi connectivity index (χ4v) is 2.53. The van der Waals surface area contributed by atoms with Crippen LogP contribution in [0.15, 0.2) is 60.9 Å². The Kier molecular flexibility index (Phi) is 3.66. The average molecular weight is 333 g/mol. The number of fused-ring (bicyclic) bond motifs is 1. The van der Waals surface area contributed by atoms with Gasteiger partial charge in [0.1, 0.15) is 5.82 Å². The molecular formula is C18H12FN5O. The number of amides is 1. The standard InChI is InChI=1S/C18H12FN5O/c19-16-7-6-14(21-11-25)8-15(16)17-22-18-20-9-13(10-24(18)23-17)12-4-2-1-3-5-12/h1-11H,(H,21,25). The van der Waals surface area contributed by atoms with E-state index in [9.17, 15) is 9.18 Å². The van der Waals surface area contributed by atoms with Crippen molar-refractivity contribution in [2.45, 2.75) is 0 Å². The van der Waals surface area contributed by atoms with Gasteiger partial charge in [-0.15, -0.1) is 5.10 Å². The highest BCUT2D eigenvalue weighted by molar-refractivity contribution is 5.74. The van der Waals surface area contributed by atoms with E-state index >= 15 is 0 Å². The molecule has 0 radical (unpaired) electrons. The monoisotopic (exact) mass is 333 g/mol.